The molecule has 1 aromatic rings. The van der Waals surface area contributed by atoms with Crippen molar-refractivity contribution >= 4 is 11.3 Å². The van der Waals surface area contributed by atoms with Gasteiger partial charge in [0, 0.05) is 37.6 Å². The zero-order valence-corrected chi connectivity index (χ0v) is 10.3. The highest BCUT2D eigenvalue weighted by atomic mass is 32.1. The Bertz CT molecular complexity index is 311. The molecule has 3 nitrogen and oxygen atoms in total. The lowest BCUT2D eigenvalue weighted by Gasteiger charge is -2.31. The quantitative estimate of drug-likeness (QED) is 0.845. The predicted octanol–water partition coefficient (Wildman–Crippen LogP) is 1.50. The SMILES string of the molecule is CCc1nc(CN2CCN[C@@H](C)C2)cs1. The summed E-state index contributed by atoms with van der Waals surface area (Å²) < 4.78 is 0. The molecular weight excluding hydrogens is 206 g/mol. The Morgan fingerprint density at radius 2 is 2.53 bits per heavy atom. The summed E-state index contributed by atoms with van der Waals surface area (Å²) in [5, 5.41) is 6.91. The topological polar surface area (TPSA) is 28.2 Å². The summed E-state index contributed by atoms with van der Waals surface area (Å²) in [6, 6.07) is 0.614. The van der Waals surface area contributed by atoms with Gasteiger partial charge in [-0.25, -0.2) is 4.98 Å². The Kier molecular flexibility index (Phi) is 3.72. The van der Waals surface area contributed by atoms with Crippen molar-refractivity contribution in [2.75, 3.05) is 19.6 Å². The second-order valence-corrected chi connectivity index (χ2v) is 5.12. The van der Waals surface area contributed by atoms with Crippen LogP contribution in [0.3, 0.4) is 0 Å². The van der Waals surface area contributed by atoms with Gasteiger partial charge >= 0.3 is 0 Å². The fourth-order valence-corrected chi connectivity index (χ4v) is 2.70. The maximum Gasteiger partial charge on any atom is 0.0926 e. The zero-order valence-electron chi connectivity index (χ0n) is 9.49. The first-order valence-electron chi connectivity index (χ1n) is 5.67. The molecule has 2 rings (SSSR count). The number of aryl methyl sites for hydroxylation is 1. The molecule has 4 heteroatoms. The van der Waals surface area contributed by atoms with Crippen LogP contribution in [0.1, 0.15) is 24.5 Å². The lowest BCUT2D eigenvalue weighted by molar-refractivity contribution is 0.198. The van der Waals surface area contributed by atoms with Crippen molar-refractivity contribution in [1.29, 1.82) is 0 Å². The van der Waals surface area contributed by atoms with Gasteiger partial charge in [-0.05, 0) is 13.3 Å². The second-order valence-electron chi connectivity index (χ2n) is 4.18. The molecule has 0 bridgehead atoms. The molecule has 15 heavy (non-hydrogen) atoms. The van der Waals surface area contributed by atoms with Crippen LogP contribution in [0.25, 0.3) is 0 Å². The number of nitrogens with one attached hydrogen (secondary N) is 1. The van der Waals surface area contributed by atoms with Gasteiger partial charge in [-0.1, -0.05) is 6.92 Å². The smallest absolute Gasteiger partial charge is 0.0926 e. The number of hydrogen-bond acceptors (Lipinski definition) is 4. The standard InChI is InChI=1S/C11H19N3S/c1-3-11-13-10(8-15-11)7-14-5-4-12-9(2)6-14/h8-9,12H,3-7H2,1-2H3/t9-/m0/s1. The van der Waals surface area contributed by atoms with Crippen LogP contribution in [0.4, 0.5) is 0 Å². The number of nitrogens with zero attached hydrogens (tertiary/aromatic N) is 2. The Hall–Kier alpha value is -0.450. The van der Waals surface area contributed by atoms with E-state index >= 15 is 0 Å². The first-order valence-corrected chi connectivity index (χ1v) is 6.55. The van der Waals surface area contributed by atoms with E-state index in [0.717, 1.165) is 32.6 Å². The fraction of sp³-hybridized carbons (Fsp3) is 0.727. The van der Waals surface area contributed by atoms with Gasteiger partial charge in [-0.3, -0.25) is 4.90 Å². The molecule has 0 amide bonds. The van der Waals surface area contributed by atoms with Crippen molar-refractivity contribution in [1.82, 2.24) is 15.2 Å². The highest BCUT2D eigenvalue weighted by Gasteiger charge is 2.16. The van der Waals surface area contributed by atoms with Gasteiger partial charge in [0.2, 0.25) is 0 Å². The van der Waals surface area contributed by atoms with E-state index < -0.39 is 0 Å². The zero-order chi connectivity index (χ0) is 10.7. The summed E-state index contributed by atoms with van der Waals surface area (Å²) in [6.07, 6.45) is 1.06. The van der Waals surface area contributed by atoms with E-state index in [1.807, 2.05) is 0 Å². The Balaban J connectivity index is 1.90. The Labute approximate surface area is 95.5 Å². The molecule has 1 saturated heterocycles. The number of rotatable bonds is 3. The van der Waals surface area contributed by atoms with Gasteiger partial charge in [0.05, 0.1) is 10.7 Å². The molecule has 1 aliphatic rings. The van der Waals surface area contributed by atoms with E-state index in [2.05, 4.69) is 34.4 Å². The largest absolute Gasteiger partial charge is 0.312 e. The maximum absolute atomic E-state index is 4.60. The van der Waals surface area contributed by atoms with Crippen LogP contribution >= 0.6 is 11.3 Å². The van der Waals surface area contributed by atoms with Gasteiger partial charge in [0.25, 0.3) is 0 Å². The summed E-state index contributed by atoms with van der Waals surface area (Å²) >= 11 is 1.79. The van der Waals surface area contributed by atoms with Crippen LogP contribution in [-0.4, -0.2) is 35.6 Å². The van der Waals surface area contributed by atoms with E-state index in [1.165, 1.54) is 10.7 Å². The van der Waals surface area contributed by atoms with E-state index in [-0.39, 0.29) is 0 Å². The lowest BCUT2D eigenvalue weighted by Crippen LogP contribution is -2.48. The summed E-state index contributed by atoms with van der Waals surface area (Å²) in [4.78, 5) is 7.09. The number of hydrogen-bond donors (Lipinski definition) is 1. The first kappa shape index (κ1) is 11.0. The second kappa shape index (κ2) is 5.05. The van der Waals surface area contributed by atoms with Crippen LogP contribution in [0.15, 0.2) is 5.38 Å². The average Bonchev–Trinajstić information content (AvgIpc) is 2.65. The first-order chi connectivity index (χ1) is 7.28. The van der Waals surface area contributed by atoms with Crippen molar-refractivity contribution < 1.29 is 0 Å². The molecule has 0 aliphatic carbocycles. The van der Waals surface area contributed by atoms with Crippen LogP contribution in [0, 0.1) is 0 Å². The normalized spacial score (nSPS) is 23.2. The third-order valence-electron chi connectivity index (χ3n) is 2.74. The van der Waals surface area contributed by atoms with Gasteiger partial charge < -0.3 is 5.32 Å². The highest BCUT2D eigenvalue weighted by molar-refractivity contribution is 7.09. The molecule has 84 valence electrons. The summed E-state index contributed by atoms with van der Waals surface area (Å²) in [5.74, 6) is 0. The van der Waals surface area contributed by atoms with Crippen LogP contribution in [-0.2, 0) is 13.0 Å². The molecule has 1 aliphatic heterocycles. The van der Waals surface area contributed by atoms with E-state index in [4.69, 9.17) is 0 Å². The molecule has 0 spiro atoms. The third-order valence-corrected chi connectivity index (χ3v) is 3.78. The number of piperazine rings is 1. The molecule has 0 aromatic carbocycles. The van der Waals surface area contributed by atoms with Gasteiger partial charge in [-0.15, -0.1) is 11.3 Å². The van der Waals surface area contributed by atoms with Gasteiger partial charge in [-0.2, -0.15) is 0 Å². The van der Waals surface area contributed by atoms with E-state index in [9.17, 15) is 0 Å². The molecule has 1 aromatic heterocycles. The van der Waals surface area contributed by atoms with Crippen molar-refractivity contribution in [3.63, 3.8) is 0 Å². The summed E-state index contributed by atoms with van der Waals surface area (Å²) in [7, 11) is 0. The summed E-state index contributed by atoms with van der Waals surface area (Å²) in [6.45, 7) is 8.80. The molecule has 0 saturated carbocycles. The summed E-state index contributed by atoms with van der Waals surface area (Å²) in [5.41, 5.74) is 1.24. The van der Waals surface area contributed by atoms with Crippen molar-refractivity contribution in [3.8, 4) is 0 Å². The Morgan fingerprint density at radius 3 is 3.20 bits per heavy atom. The third kappa shape index (κ3) is 3.00. The monoisotopic (exact) mass is 225 g/mol. The molecule has 1 N–H and O–H groups in total. The van der Waals surface area contributed by atoms with E-state index in [0.29, 0.717) is 6.04 Å². The molecule has 0 radical (unpaired) electrons. The van der Waals surface area contributed by atoms with Crippen LogP contribution in [0.2, 0.25) is 0 Å². The van der Waals surface area contributed by atoms with Crippen molar-refractivity contribution in [2.45, 2.75) is 32.9 Å². The van der Waals surface area contributed by atoms with Crippen LogP contribution in [0.5, 0.6) is 0 Å². The van der Waals surface area contributed by atoms with Crippen molar-refractivity contribution in [3.05, 3.63) is 16.1 Å². The minimum Gasteiger partial charge on any atom is -0.312 e. The number of thiazole rings is 1. The van der Waals surface area contributed by atoms with Crippen molar-refractivity contribution in [2.24, 2.45) is 0 Å². The highest BCUT2D eigenvalue weighted by Crippen LogP contribution is 2.13. The molecule has 1 fully saturated rings. The van der Waals surface area contributed by atoms with Crippen LogP contribution < -0.4 is 5.32 Å². The molecule has 0 unspecified atom stereocenters. The molecular formula is C11H19N3S. The fourth-order valence-electron chi connectivity index (χ4n) is 1.97. The predicted molar refractivity (Wildman–Crippen MR) is 64.2 cm³/mol. The van der Waals surface area contributed by atoms with Gasteiger partial charge in [0.1, 0.15) is 0 Å². The molecule has 2 heterocycles. The lowest BCUT2D eigenvalue weighted by atomic mass is 10.2. The van der Waals surface area contributed by atoms with Gasteiger partial charge in [0.15, 0.2) is 0 Å². The van der Waals surface area contributed by atoms with E-state index in [1.54, 1.807) is 11.3 Å². The minimum atomic E-state index is 0.614. The minimum absolute atomic E-state index is 0.614. The molecule has 1 atom stereocenters. The Morgan fingerprint density at radius 1 is 1.67 bits per heavy atom. The maximum atomic E-state index is 4.60. The average molecular weight is 225 g/mol. The number of aromatic nitrogens is 1.